The van der Waals surface area contributed by atoms with E-state index in [1.807, 2.05) is 29.5 Å². The molecule has 7 aromatic carbocycles. The van der Waals surface area contributed by atoms with E-state index in [1.165, 1.54) is 76.4 Å². The zero-order chi connectivity index (χ0) is 47.2. The van der Waals surface area contributed by atoms with Crippen LogP contribution in [0.1, 0.15) is 90.1 Å². The SMILES string of the molecule is Cc1cc(C(C)(C)C)cc(C)c1N1c2cc(C(C)(C)C)cc3c2B(c2ccc(-c4cc5ccccc5o4)cc2N3c2cccc(-c3cc4ccccc4o3)c2)c2sc3ccc(C(C)(C)C)cc3c21. The molecule has 0 unspecified atom stereocenters. The maximum atomic E-state index is 6.62. The third kappa shape index (κ3) is 6.70. The Kier molecular flexibility index (Phi) is 9.31. The number of para-hydroxylation sites is 2. The van der Waals surface area contributed by atoms with Crippen molar-refractivity contribution in [3.05, 3.63) is 173 Å². The van der Waals surface area contributed by atoms with Crippen LogP contribution in [0.2, 0.25) is 0 Å². The molecule has 0 amide bonds. The van der Waals surface area contributed by atoms with Gasteiger partial charge in [-0.2, -0.15) is 0 Å². The fraction of sp³-hybridized carbons (Fsp3) is 0.226. The largest absolute Gasteiger partial charge is 0.456 e. The van der Waals surface area contributed by atoms with Gasteiger partial charge in [0.25, 0.3) is 6.71 Å². The number of rotatable bonds is 4. The number of hydrogen-bond donors (Lipinski definition) is 0. The molecular formula is C62H57BN2O2S. The fourth-order valence-electron chi connectivity index (χ4n) is 10.8. The first-order valence-electron chi connectivity index (χ1n) is 24.1. The van der Waals surface area contributed by atoms with E-state index >= 15 is 0 Å². The van der Waals surface area contributed by atoms with Crippen LogP contribution in [0, 0.1) is 13.8 Å². The van der Waals surface area contributed by atoms with Crippen LogP contribution < -0.4 is 25.5 Å². The Morgan fingerprint density at radius 2 is 1.04 bits per heavy atom. The zero-order valence-electron chi connectivity index (χ0n) is 41.1. The van der Waals surface area contributed by atoms with E-state index in [0.29, 0.717) is 0 Å². The summed E-state index contributed by atoms with van der Waals surface area (Å²) >= 11 is 1.96. The lowest BCUT2D eigenvalue weighted by molar-refractivity contribution is 0.589. The number of aryl methyl sites for hydroxylation is 2. The Labute approximate surface area is 404 Å². The first-order chi connectivity index (χ1) is 32.4. The highest BCUT2D eigenvalue weighted by Gasteiger charge is 2.47. The van der Waals surface area contributed by atoms with Crippen molar-refractivity contribution >= 4 is 99.9 Å². The van der Waals surface area contributed by atoms with Crippen LogP contribution >= 0.6 is 11.3 Å². The van der Waals surface area contributed by atoms with E-state index in [-0.39, 0.29) is 23.0 Å². The summed E-state index contributed by atoms with van der Waals surface area (Å²) in [7, 11) is 0. The van der Waals surface area contributed by atoms with Gasteiger partial charge in [0.1, 0.15) is 22.7 Å². The summed E-state index contributed by atoms with van der Waals surface area (Å²) in [4.78, 5) is 5.22. The van der Waals surface area contributed by atoms with Gasteiger partial charge in [-0.3, -0.25) is 0 Å². The van der Waals surface area contributed by atoms with E-state index in [0.717, 1.165) is 56.0 Å². The molecule has 5 heterocycles. The van der Waals surface area contributed by atoms with Crippen molar-refractivity contribution in [1.29, 1.82) is 0 Å². The molecule has 0 saturated heterocycles. The molecular weight excluding hydrogens is 848 g/mol. The molecule has 0 bridgehead atoms. The molecule has 2 aliphatic heterocycles. The van der Waals surface area contributed by atoms with Gasteiger partial charge in [-0.1, -0.05) is 141 Å². The third-order valence-electron chi connectivity index (χ3n) is 14.5. The summed E-state index contributed by atoms with van der Waals surface area (Å²) in [6.07, 6.45) is 0. The number of furan rings is 2. The van der Waals surface area contributed by atoms with Crippen molar-refractivity contribution in [2.45, 2.75) is 92.4 Å². The molecule has 2 aliphatic rings. The summed E-state index contributed by atoms with van der Waals surface area (Å²) in [5, 5.41) is 3.50. The molecule has 0 N–H and O–H groups in total. The number of nitrogens with zero attached hydrogens (tertiary/aromatic N) is 2. The number of benzene rings is 7. The topological polar surface area (TPSA) is 32.8 Å². The average Bonchev–Trinajstić information content (AvgIpc) is 4.04. The number of fused-ring (bicyclic) bond motifs is 8. The minimum Gasteiger partial charge on any atom is -0.456 e. The predicted octanol–water partition coefficient (Wildman–Crippen LogP) is 16.3. The van der Waals surface area contributed by atoms with E-state index in [1.54, 1.807) is 0 Å². The fourth-order valence-corrected chi connectivity index (χ4v) is 12.1. The Morgan fingerprint density at radius 1 is 0.471 bits per heavy atom. The van der Waals surface area contributed by atoms with Crippen LogP contribution in [0.5, 0.6) is 0 Å². The molecule has 10 aromatic rings. The highest BCUT2D eigenvalue weighted by atomic mass is 32.1. The van der Waals surface area contributed by atoms with Crippen LogP contribution in [0.3, 0.4) is 0 Å². The molecule has 0 spiro atoms. The van der Waals surface area contributed by atoms with Crippen LogP contribution in [0.15, 0.2) is 154 Å². The molecule has 336 valence electrons. The predicted molar refractivity (Wildman–Crippen MR) is 292 cm³/mol. The van der Waals surface area contributed by atoms with E-state index < -0.39 is 0 Å². The molecule has 68 heavy (non-hydrogen) atoms. The molecule has 6 heteroatoms. The van der Waals surface area contributed by atoms with E-state index in [2.05, 4.69) is 213 Å². The average molecular weight is 905 g/mol. The van der Waals surface area contributed by atoms with Crippen molar-refractivity contribution in [2.24, 2.45) is 0 Å². The van der Waals surface area contributed by atoms with Gasteiger partial charge in [0.05, 0.1) is 11.4 Å². The van der Waals surface area contributed by atoms with Gasteiger partial charge in [0.2, 0.25) is 0 Å². The minimum absolute atomic E-state index is 0.0105. The first kappa shape index (κ1) is 42.6. The van der Waals surface area contributed by atoms with Crippen molar-refractivity contribution in [3.8, 4) is 22.6 Å². The van der Waals surface area contributed by atoms with Gasteiger partial charge in [0, 0.05) is 59.5 Å². The van der Waals surface area contributed by atoms with E-state index in [4.69, 9.17) is 8.83 Å². The maximum Gasteiger partial charge on any atom is 0.264 e. The molecule has 0 saturated carbocycles. The molecule has 12 rings (SSSR count). The lowest BCUT2D eigenvalue weighted by atomic mass is 9.36. The highest BCUT2D eigenvalue weighted by molar-refractivity contribution is 7.33. The van der Waals surface area contributed by atoms with Gasteiger partial charge in [-0.05, 0) is 136 Å². The maximum absolute atomic E-state index is 6.62. The molecule has 3 aromatic heterocycles. The van der Waals surface area contributed by atoms with Crippen LogP contribution in [0.4, 0.5) is 34.1 Å². The Hall–Kier alpha value is -6.76. The van der Waals surface area contributed by atoms with E-state index in [9.17, 15) is 0 Å². The van der Waals surface area contributed by atoms with Crippen LogP contribution in [-0.4, -0.2) is 6.71 Å². The van der Waals surface area contributed by atoms with Crippen LogP contribution in [-0.2, 0) is 16.2 Å². The zero-order valence-corrected chi connectivity index (χ0v) is 41.9. The smallest absolute Gasteiger partial charge is 0.264 e. The van der Waals surface area contributed by atoms with Gasteiger partial charge < -0.3 is 18.6 Å². The normalized spacial score (nSPS) is 13.7. The second-order valence-corrected chi connectivity index (χ2v) is 23.5. The molecule has 0 radical (unpaired) electrons. The minimum atomic E-state index is -0.165. The second-order valence-electron chi connectivity index (χ2n) is 22.4. The summed E-state index contributed by atoms with van der Waals surface area (Å²) in [5.74, 6) is 1.71. The van der Waals surface area contributed by atoms with Gasteiger partial charge in [-0.25, -0.2) is 0 Å². The molecule has 4 nitrogen and oxygen atoms in total. The molecule has 0 aliphatic carbocycles. The lowest BCUT2D eigenvalue weighted by Crippen LogP contribution is -2.60. The Morgan fingerprint density at radius 3 is 1.65 bits per heavy atom. The van der Waals surface area contributed by atoms with Crippen molar-refractivity contribution in [1.82, 2.24) is 0 Å². The lowest BCUT2D eigenvalue weighted by Gasteiger charge is -2.45. The summed E-state index contributed by atoms with van der Waals surface area (Å²) < 4.78 is 15.8. The number of hydrogen-bond acceptors (Lipinski definition) is 5. The highest BCUT2D eigenvalue weighted by Crippen LogP contribution is 2.52. The number of thiophene rings is 1. The standard InChI is InChI=1S/C62H57BN2O2S/c1-36-27-43(61(6,7)8)28-37(2)57(36)65-50-35-44(62(9,10)11)34-49-56(50)63(59-58(65)46-33-42(60(3,4)5)24-26-55(46)68-59)47-25-23-41(54-32-40-18-13-15-22-52(40)67-54)30-48(47)64(49)45-20-16-19-38(29-45)53-31-39-17-12-14-21-51(39)66-53/h12-35H,1-11H3. The number of anilines is 6. The summed E-state index contributed by atoms with van der Waals surface area (Å²) in [6.45, 7) is 25.6. The van der Waals surface area contributed by atoms with Gasteiger partial charge in [0.15, 0.2) is 0 Å². The van der Waals surface area contributed by atoms with Gasteiger partial charge >= 0.3 is 0 Å². The first-order valence-corrected chi connectivity index (χ1v) is 24.9. The molecule has 0 atom stereocenters. The van der Waals surface area contributed by atoms with Crippen molar-refractivity contribution in [3.63, 3.8) is 0 Å². The quantitative estimate of drug-likeness (QED) is 0.165. The second kappa shape index (κ2) is 14.9. The summed E-state index contributed by atoms with van der Waals surface area (Å²) in [6, 6.07) is 54.0. The summed E-state index contributed by atoms with van der Waals surface area (Å²) in [5.41, 5.74) is 20.0. The monoisotopic (exact) mass is 904 g/mol. The van der Waals surface area contributed by atoms with Crippen LogP contribution in [0.25, 0.3) is 54.7 Å². The molecule has 0 fully saturated rings. The Balaban J connectivity index is 1.19. The Bertz CT molecular complexity index is 3610. The van der Waals surface area contributed by atoms with Crippen molar-refractivity contribution < 1.29 is 8.83 Å². The van der Waals surface area contributed by atoms with Crippen molar-refractivity contribution in [2.75, 3.05) is 9.80 Å². The van der Waals surface area contributed by atoms with Gasteiger partial charge in [-0.15, -0.1) is 11.3 Å². The third-order valence-corrected chi connectivity index (χ3v) is 15.7.